The summed E-state index contributed by atoms with van der Waals surface area (Å²) >= 11 is 3.47. The predicted octanol–water partition coefficient (Wildman–Crippen LogP) is 2.42. The normalized spacial score (nSPS) is 22.4. The molecule has 0 aliphatic carbocycles. The van der Waals surface area contributed by atoms with Crippen molar-refractivity contribution in [2.24, 2.45) is 0 Å². The Bertz CT molecular complexity index is 356. The number of pyridine rings is 1. The van der Waals surface area contributed by atoms with Crippen LogP contribution in [0.15, 0.2) is 22.9 Å². The Morgan fingerprint density at radius 2 is 2.41 bits per heavy atom. The number of hydrogen-bond donors (Lipinski definition) is 1. The van der Waals surface area contributed by atoms with Crippen LogP contribution in [0.5, 0.6) is 0 Å². The largest absolute Gasteiger partial charge is 0.313 e. The van der Waals surface area contributed by atoms with Crippen LogP contribution in [0, 0.1) is 0 Å². The third-order valence-corrected chi connectivity index (χ3v) is 3.66. The van der Waals surface area contributed by atoms with Crippen LogP contribution in [0.3, 0.4) is 0 Å². The Morgan fingerprint density at radius 3 is 3.18 bits per heavy atom. The van der Waals surface area contributed by atoms with Gasteiger partial charge in [0, 0.05) is 36.0 Å². The van der Waals surface area contributed by atoms with Crippen molar-refractivity contribution in [1.82, 2.24) is 15.2 Å². The van der Waals surface area contributed by atoms with E-state index in [0.717, 1.165) is 24.1 Å². The summed E-state index contributed by atoms with van der Waals surface area (Å²) in [6.07, 6.45) is 6.23. The molecule has 1 fully saturated rings. The van der Waals surface area contributed by atoms with Gasteiger partial charge in [-0.05, 0) is 53.5 Å². The molecule has 3 nitrogen and oxygen atoms in total. The van der Waals surface area contributed by atoms with Crippen LogP contribution in [0.2, 0.25) is 0 Å². The monoisotopic (exact) mass is 297 g/mol. The average molecular weight is 298 g/mol. The van der Waals surface area contributed by atoms with Crippen molar-refractivity contribution < 1.29 is 0 Å². The molecule has 0 amide bonds. The molecule has 1 N–H and O–H groups in total. The molecular weight excluding hydrogens is 278 g/mol. The molecule has 1 unspecified atom stereocenters. The van der Waals surface area contributed by atoms with E-state index in [0.29, 0.717) is 6.04 Å². The number of nitrogens with zero attached hydrogens (tertiary/aromatic N) is 2. The quantitative estimate of drug-likeness (QED) is 0.929. The van der Waals surface area contributed by atoms with Gasteiger partial charge in [-0.2, -0.15) is 0 Å². The molecule has 1 aromatic rings. The minimum absolute atomic E-state index is 0.637. The van der Waals surface area contributed by atoms with E-state index in [2.05, 4.69) is 44.1 Å². The van der Waals surface area contributed by atoms with Crippen LogP contribution < -0.4 is 5.32 Å². The van der Waals surface area contributed by atoms with Gasteiger partial charge in [-0.3, -0.25) is 9.88 Å². The first kappa shape index (κ1) is 13.0. The van der Waals surface area contributed by atoms with Gasteiger partial charge < -0.3 is 5.32 Å². The number of nitrogens with one attached hydrogen (secondary N) is 1. The topological polar surface area (TPSA) is 28.2 Å². The summed E-state index contributed by atoms with van der Waals surface area (Å²) in [6.45, 7) is 6.72. The molecule has 0 saturated carbocycles. The maximum absolute atomic E-state index is 4.22. The zero-order chi connectivity index (χ0) is 12.1. The van der Waals surface area contributed by atoms with Gasteiger partial charge in [0.2, 0.25) is 0 Å². The maximum atomic E-state index is 4.22. The molecule has 4 heteroatoms. The fourth-order valence-electron chi connectivity index (χ4n) is 2.29. The molecule has 0 spiro atoms. The lowest BCUT2D eigenvalue weighted by molar-refractivity contribution is 0.257. The molecule has 0 aromatic carbocycles. The summed E-state index contributed by atoms with van der Waals surface area (Å²) in [7, 11) is 0. The first-order valence-electron chi connectivity index (χ1n) is 6.33. The first-order valence-corrected chi connectivity index (χ1v) is 7.12. The smallest absolute Gasteiger partial charge is 0.0410 e. The predicted molar refractivity (Wildman–Crippen MR) is 73.9 cm³/mol. The SMILES string of the molecule is CCC1CN(Cc2cncc(Br)c2)CCCN1. The Kier molecular flexibility index (Phi) is 4.95. The van der Waals surface area contributed by atoms with Crippen LogP contribution in [-0.4, -0.2) is 35.6 Å². The minimum atomic E-state index is 0.637. The van der Waals surface area contributed by atoms with E-state index in [9.17, 15) is 0 Å². The summed E-state index contributed by atoms with van der Waals surface area (Å²) in [4.78, 5) is 6.75. The van der Waals surface area contributed by atoms with Crippen LogP contribution in [0.25, 0.3) is 0 Å². The van der Waals surface area contributed by atoms with E-state index < -0.39 is 0 Å². The maximum Gasteiger partial charge on any atom is 0.0410 e. The second-order valence-corrected chi connectivity index (χ2v) is 5.58. The van der Waals surface area contributed by atoms with Crippen LogP contribution in [0.4, 0.5) is 0 Å². The van der Waals surface area contributed by atoms with Gasteiger partial charge in [0.15, 0.2) is 0 Å². The molecule has 17 heavy (non-hydrogen) atoms. The summed E-state index contributed by atoms with van der Waals surface area (Å²) in [5, 5.41) is 3.59. The van der Waals surface area contributed by atoms with E-state index in [-0.39, 0.29) is 0 Å². The van der Waals surface area contributed by atoms with Crippen molar-refractivity contribution in [1.29, 1.82) is 0 Å². The van der Waals surface area contributed by atoms with E-state index >= 15 is 0 Å². The molecule has 1 atom stereocenters. The fourth-order valence-corrected chi connectivity index (χ4v) is 2.71. The molecule has 1 saturated heterocycles. The van der Waals surface area contributed by atoms with E-state index in [1.165, 1.54) is 24.9 Å². The van der Waals surface area contributed by atoms with Gasteiger partial charge >= 0.3 is 0 Å². The number of rotatable bonds is 3. The van der Waals surface area contributed by atoms with Crippen molar-refractivity contribution in [3.05, 3.63) is 28.5 Å². The molecule has 2 rings (SSSR count). The Hall–Kier alpha value is -0.450. The minimum Gasteiger partial charge on any atom is -0.313 e. The van der Waals surface area contributed by atoms with E-state index in [1.807, 2.05) is 12.4 Å². The molecule has 0 radical (unpaired) electrons. The van der Waals surface area contributed by atoms with Gasteiger partial charge in [0.05, 0.1) is 0 Å². The second kappa shape index (κ2) is 6.47. The van der Waals surface area contributed by atoms with Gasteiger partial charge in [-0.25, -0.2) is 0 Å². The average Bonchev–Trinajstić information content (AvgIpc) is 2.54. The molecule has 2 heterocycles. The summed E-state index contributed by atoms with van der Waals surface area (Å²) in [5.41, 5.74) is 1.29. The first-order chi connectivity index (χ1) is 8.28. The number of halogens is 1. The summed E-state index contributed by atoms with van der Waals surface area (Å²) < 4.78 is 1.06. The Morgan fingerprint density at radius 1 is 1.53 bits per heavy atom. The third kappa shape index (κ3) is 4.05. The van der Waals surface area contributed by atoms with E-state index in [4.69, 9.17) is 0 Å². The summed E-state index contributed by atoms with van der Waals surface area (Å²) in [6, 6.07) is 2.80. The van der Waals surface area contributed by atoms with Gasteiger partial charge in [0.1, 0.15) is 0 Å². The molecule has 1 aromatic heterocycles. The second-order valence-electron chi connectivity index (χ2n) is 4.66. The highest BCUT2D eigenvalue weighted by Crippen LogP contribution is 2.13. The number of aromatic nitrogens is 1. The summed E-state index contributed by atoms with van der Waals surface area (Å²) in [5.74, 6) is 0. The standard InChI is InChI=1S/C13H20BrN3/c1-2-13-10-17(5-3-4-16-13)9-11-6-12(14)8-15-7-11/h6-8,13,16H,2-5,9-10H2,1H3. The van der Waals surface area contributed by atoms with Crippen LogP contribution in [0.1, 0.15) is 25.3 Å². The molecule has 1 aliphatic heterocycles. The lowest BCUT2D eigenvalue weighted by Gasteiger charge is -2.23. The lowest BCUT2D eigenvalue weighted by atomic mass is 10.2. The Labute approximate surface area is 112 Å². The zero-order valence-corrected chi connectivity index (χ0v) is 11.9. The highest BCUT2D eigenvalue weighted by atomic mass is 79.9. The van der Waals surface area contributed by atoms with Crippen molar-refractivity contribution in [2.45, 2.75) is 32.4 Å². The van der Waals surface area contributed by atoms with Crippen molar-refractivity contribution >= 4 is 15.9 Å². The zero-order valence-electron chi connectivity index (χ0n) is 10.3. The lowest BCUT2D eigenvalue weighted by Crippen LogP contribution is -2.36. The molecule has 94 valence electrons. The molecule has 0 bridgehead atoms. The van der Waals surface area contributed by atoms with E-state index in [1.54, 1.807) is 0 Å². The molecular formula is C13H20BrN3. The van der Waals surface area contributed by atoms with Gasteiger partial charge in [0.25, 0.3) is 0 Å². The third-order valence-electron chi connectivity index (χ3n) is 3.22. The fraction of sp³-hybridized carbons (Fsp3) is 0.615. The van der Waals surface area contributed by atoms with Crippen molar-refractivity contribution in [3.63, 3.8) is 0 Å². The van der Waals surface area contributed by atoms with Gasteiger partial charge in [-0.15, -0.1) is 0 Å². The highest BCUT2D eigenvalue weighted by Gasteiger charge is 2.16. The molecule has 1 aliphatic rings. The van der Waals surface area contributed by atoms with Crippen molar-refractivity contribution in [2.75, 3.05) is 19.6 Å². The van der Waals surface area contributed by atoms with Crippen LogP contribution >= 0.6 is 15.9 Å². The highest BCUT2D eigenvalue weighted by molar-refractivity contribution is 9.10. The number of hydrogen-bond acceptors (Lipinski definition) is 3. The Balaban J connectivity index is 1.97. The van der Waals surface area contributed by atoms with Crippen molar-refractivity contribution in [3.8, 4) is 0 Å². The van der Waals surface area contributed by atoms with Gasteiger partial charge in [-0.1, -0.05) is 6.92 Å². The van der Waals surface area contributed by atoms with Crippen LogP contribution in [-0.2, 0) is 6.54 Å².